The van der Waals surface area contributed by atoms with Crippen molar-refractivity contribution in [1.29, 1.82) is 0 Å². The van der Waals surface area contributed by atoms with Gasteiger partial charge in [-0.05, 0) is 36.6 Å². The van der Waals surface area contributed by atoms with Crippen LogP contribution in [0.2, 0.25) is 0 Å². The molecule has 0 radical (unpaired) electrons. The molecule has 0 aromatic heterocycles. The van der Waals surface area contributed by atoms with Crippen LogP contribution >= 0.6 is 12.4 Å². The third-order valence-electron chi connectivity index (χ3n) is 4.86. The van der Waals surface area contributed by atoms with Crippen LogP contribution in [0.15, 0.2) is 60.7 Å². The Morgan fingerprint density at radius 1 is 1.04 bits per heavy atom. The van der Waals surface area contributed by atoms with Gasteiger partial charge in [-0.2, -0.15) is 0 Å². The topological polar surface area (TPSA) is 70.2 Å². The number of amides is 2. The predicted molar refractivity (Wildman–Crippen MR) is 109 cm³/mol. The van der Waals surface area contributed by atoms with Crippen molar-refractivity contribution < 1.29 is 9.59 Å². The molecule has 0 bridgehead atoms. The van der Waals surface area contributed by atoms with E-state index in [0.29, 0.717) is 11.5 Å². The summed E-state index contributed by atoms with van der Waals surface area (Å²) in [7, 11) is 0. The summed E-state index contributed by atoms with van der Waals surface area (Å²) < 4.78 is 0. The molecule has 144 valence electrons. The van der Waals surface area contributed by atoms with Crippen LogP contribution in [-0.2, 0) is 4.79 Å². The van der Waals surface area contributed by atoms with E-state index in [1.54, 1.807) is 12.1 Å². The monoisotopic (exact) mass is 387 g/mol. The van der Waals surface area contributed by atoms with Crippen LogP contribution in [0.4, 0.5) is 0 Å². The summed E-state index contributed by atoms with van der Waals surface area (Å²) in [6.45, 7) is 3.87. The third-order valence-corrected chi connectivity index (χ3v) is 4.86. The van der Waals surface area contributed by atoms with Crippen molar-refractivity contribution in [1.82, 2.24) is 16.0 Å². The number of halogens is 1. The zero-order valence-corrected chi connectivity index (χ0v) is 16.2. The average molecular weight is 388 g/mol. The Labute approximate surface area is 166 Å². The normalized spacial score (nSPS) is 20.0. The lowest BCUT2D eigenvalue weighted by molar-refractivity contribution is -0.124. The van der Waals surface area contributed by atoms with Crippen molar-refractivity contribution >= 4 is 24.2 Å². The molecule has 0 spiro atoms. The average Bonchev–Trinajstić information content (AvgIpc) is 2.69. The van der Waals surface area contributed by atoms with Crippen LogP contribution in [0.25, 0.3) is 0 Å². The summed E-state index contributed by atoms with van der Waals surface area (Å²) >= 11 is 0. The van der Waals surface area contributed by atoms with E-state index >= 15 is 0 Å². The fourth-order valence-corrected chi connectivity index (χ4v) is 3.20. The highest BCUT2D eigenvalue weighted by Gasteiger charge is 2.28. The Balaban J connectivity index is 0.00000261. The molecular weight excluding hydrogens is 362 g/mol. The number of benzene rings is 2. The van der Waals surface area contributed by atoms with Crippen molar-refractivity contribution in [2.75, 3.05) is 13.1 Å². The van der Waals surface area contributed by atoms with Gasteiger partial charge in [0, 0.05) is 18.2 Å². The van der Waals surface area contributed by atoms with E-state index in [9.17, 15) is 9.59 Å². The summed E-state index contributed by atoms with van der Waals surface area (Å²) in [5.41, 5.74) is 1.31. The van der Waals surface area contributed by atoms with Gasteiger partial charge in [0.1, 0.15) is 6.04 Å². The van der Waals surface area contributed by atoms with Gasteiger partial charge in [-0.3, -0.25) is 9.59 Å². The highest BCUT2D eigenvalue weighted by atomic mass is 35.5. The molecule has 6 heteroatoms. The van der Waals surface area contributed by atoms with E-state index in [1.165, 1.54) is 0 Å². The second-order valence-corrected chi connectivity index (χ2v) is 6.77. The third kappa shape index (κ3) is 5.55. The molecule has 5 nitrogen and oxygen atoms in total. The van der Waals surface area contributed by atoms with Crippen molar-refractivity contribution in [3.05, 3.63) is 71.8 Å². The summed E-state index contributed by atoms with van der Waals surface area (Å²) in [5.74, 6) is -0.0353. The summed E-state index contributed by atoms with van der Waals surface area (Å²) in [5, 5.41) is 9.30. The molecule has 27 heavy (non-hydrogen) atoms. The molecule has 1 aliphatic heterocycles. The standard InChI is InChI=1S/C21H25N3O2.ClH/c1-15-12-13-22-14-18(15)23-21(26)19(16-8-4-2-5-9-16)24-20(25)17-10-6-3-7-11-17;/h2-11,15,18-19,22H,12-14H2,1H3,(H,23,26)(H,24,25);1H. The lowest BCUT2D eigenvalue weighted by Gasteiger charge is -2.31. The summed E-state index contributed by atoms with van der Waals surface area (Å²) in [4.78, 5) is 25.6. The molecule has 2 amide bonds. The Bertz CT molecular complexity index is 740. The summed E-state index contributed by atoms with van der Waals surface area (Å²) in [6, 6.07) is 17.6. The number of hydrogen-bond acceptors (Lipinski definition) is 3. The second kappa shape index (κ2) is 10.1. The van der Waals surface area contributed by atoms with Crippen molar-refractivity contribution in [2.24, 2.45) is 5.92 Å². The van der Waals surface area contributed by atoms with Gasteiger partial charge >= 0.3 is 0 Å². The Kier molecular flexibility index (Phi) is 7.82. The minimum atomic E-state index is -0.724. The largest absolute Gasteiger partial charge is 0.350 e. The highest BCUT2D eigenvalue weighted by Crippen LogP contribution is 2.17. The van der Waals surface area contributed by atoms with Gasteiger partial charge in [0.25, 0.3) is 5.91 Å². The van der Waals surface area contributed by atoms with Gasteiger partial charge in [0.05, 0.1) is 0 Å². The summed E-state index contributed by atoms with van der Waals surface area (Å²) in [6.07, 6.45) is 1.03. The molecule has 3 N–H and O–H groups in total. The van der Waals surface area contributed by atoms with Crippen LogP contribution < -0.4 is 16.0 Å². The van der Waals surface area contributed by atoms with Gasteiger partial charge in [-0.1, -0.05) is 55.5 Å². The molecule has 3 rings (SSSR count). The van der Waals surface area contributed by atoms with Crippen molar-refractivity contribution in [3.63, 3.8) is 0 Å². The van der Waals surface area contributed by atoms with E-state index in [2.05, 4.69) is 22.9 Å². The first kappa shape index (κ1) is 20.9. The van der Waals surface area contributed by atoms with Gasteiger partial charge < -0.3 is 16.0 Å². The smallest absolute Gasteiger partial charge is 0.252 e. The number of piperidine rings is 1. The fraction of sp³-hybridized carbons (Fsp3) is 0.333. The molecule has 0 aliphatic carbocycles. The molecule has 1 fully saturated rings. The van der Waals surface area contributed by atoms with E-state index in [1.807, 2.05) is 48.5 Å². The molecule has 1 heterocycles. The van der Waals surface area contributed by atoms with Crippen LogP contribution in [0.5, 0.6) is 0 Å². The Hall–Kier alpha value is -2.37. The molecule has 3 unspecified atom stereocenters. The van der Waals surface area contributed by atoms with E-state index in [4.69, 9.17) is 0 Å². The first-order chi connectivity index (χ1) is 12.6. The number of carbonyl (C=O) groups excluding carboxylic acids is 2. The molecule has 2 aromatic rings. The SMILES string of the molecule is CC1CCNCC1NC(=O)C(NC(=O)c1ccccc1)c1ccccc1.Cl. The molecule has 1 saturated heterocycles. The van der Waals surface area contributed by atoms with E-state index in [0.717, 1.165) is 25.1 Å². The van der Waals surface area contributed by atoms with Crippen molar-refractivity contribution in [3.8, 4) is 0 Å². The van der Waals surface area contributed by atoms with Gasteiger partial charge in [-0.15, -0.1) is 12.4 Å². The van der Waals surface area contributed by atoms with Crippen molar-refractivity contribution in [2.45, 2.75) is 25.4 Å². The quantitative estimate of drug-likeness (QED) is 0.738. The Morgan fingerprint density at radius 3 is 2.30 bits per heavy atom. The van der Waals surface area contributed by atoms with E-state index in [-0.39, 0.29) is 30.3 Å². The van der Waals surface area contributed by atoms with Gasteiger partial charge in [0.2, 0.25) is 5.91 Å². The second-order valence-electron chi connectivity index (χ2n) is 6.77. The number of nitrogens with one attached hydrogen (secondary N) is 3. The number of rotatable bonds is 5. The zero-order valence-electron chi connectivity index (χ0n) is 15.4. The first-order valence-electron chi connectivity index (χ1n) is 9.07. The zero-order chi connectivity index (χ0) is 18.4. The fourth-order valence-electron chi connectivity index (χ4n) is 3.20. The maximum atomic E-state index is 13.0. The maximum absolute atomic E-state index is 13.0. The molecule has 0 saturated carbocycles. The molecule has 3 atom stereocenters. The van der Waals surface area contributed by atoms with Crippen LogP contribution in [0.3, 0.4) is 0 Å². The predicted octanol–water partition coefficient (Wildman–Crippen LogP) is 2.69. The maximum Gasteiger partial charge on any atom is 0.252 e. The Morgan fingerprint density at radius 2 is 1.67 bits per heavy atom. The van der Waals surface area contributed by atoms with E-state index < -0.39 is 6.04 Å². The van der Waals surface area contributed by atoms with Gasteiger partial charge in [-0.25, -0.2) is 0 Å². The molecular formula is C21H26ClN3O2. The lowest BCUT2D eigenvalue weighted by Crippen LogP contribution is -2.53. The minimum absolute atomic E-state index is 0. The minimum Gasteiger partial charge on any atom is -0.350 e. The lowest BCUT2D eigenvalue weighted by atomic mass is 9.94. The van der Waals surface area contributed by atoms with Crippen LogP contribution in [0.1, 0.15) is 35.3 Å². The van der Waals surface area contributed by atoms with Gasteiger partial charge in [0.15, 0.2) is 0 Å². The number of hydrogen-bond donors (Lipinski definition) is 3. The highest BCUT2D eigenvalue weighted by molar-refractivity contribution is 5.97. The van der Waals surface area contributed by atoms with Crippen LogP contribution in [0, 0.1) is 5.92 Å². The molecule has 1 aliphatic rings. The molecule has 2 aromatic carbocycles. The number of carbonyl (C=O) groups is 2. The van der Waals surface area contributed by atoms with Crippen LogP contribution in [-0.4, -0.2) is 30.9 Å². The first-order valence-corrected chi connectivity index (χ1v) is 9.07.